The van der Waals surface area contributed by atoms with Gasteiger partial charge in [0.1, 0.15) is 17.1 Å². The molecule has 178 valence electrons. The monoisotopic (exact) mass is 464 g/mol. The summed E-state index contributed by atoms with van der Waals surface area (Å²) >= 11 is 0. The van der Waals surface area contributed by atoms with Crippen molar-refractivity contribution in [3.8, 4) is 16.9 Å². The molecule has 1 aliphatic rings. The molecule has 0 fully saturated rings. The van der Waals surface area contributed by atoms with Crippen molar-refractivity contribution in [2.75, 3.05) is 34.3 Å². The number of para-hydroxylation sites is 1. The first-order valence-electron chi connectivity index (χ1n) is 11.3. The second-order valence-electron chi connectivity index (χ2n) is 8.97. The molecule has 0 saturated carbocycles. The number of amides is 2. The van der Waals surface area contributed by atoms with E-state index in [-0.39, 0.29) is 34.5 Å². The fourth-order valence-electron chi connectivity index (χ4n) is 4.29. The summed E-state index contributed by atoms with van der Waals surface area (Å²) in [4.78, 5) is 28.4. The molecule has 7 heteroatoms. The lowest BCUT2D eigenvalue weighted by Gasteiger charge is -2.29. The molecule has 6 nitrogen and oxygen atoms in total. The van der Waals surface area contributed by atoms with Crippen LogP contribution in [0.2, 0.25) is 0 Å². The molecule has 0 bridgehead atoms. The summed E-state index contributed by atoms with van der Waals surface area (Å²) in [5.41, 5.74) is 2.75. The summed E-state index contributed by atoms with van der Waals surface area (Å²) in [5.74, 6) is -0.258. The van der Waals surface area contributed by atoms with Crippen molar-refractivity contribution in [1.82, 2.24) is 9.80 Å². The quantitative estimate of drug-likeness (QED) is 0.519. The lowest BCUT2D eigenvalue weighted by Crippen LogP contribution is -2.38. The van der Waals surface area contributed by atoms with E-state index in [2.05, 4.69) is 0 Å². The average Bonchev–Trinajstić information content (AvgIpc) is 3.29. The number of carbonyl (C=O) groups excluding carboxylic acids is 2. The minimum atomic E-state index is -0.472. The number of hydrogen-bond donors (Lipinski definition) is 0. The zero-order valence-corrected chi connectivity index (χ0v) is 20.1. The van der Waals surface area contributed by atoms with Crippen LogP contribution in [-0.2, 0) is 4.79 Å². The third-order valence-electron chi connectivity index (χ3n) is 6.05. The molecular weight excluding hydrogens is 435 g/mol. The van der Waals surface area contributed by atoms with Crippen molar-refractivity contribution in [3.63, 3.8) is 0 Å². The van der Waals surface area contributed by atoms with Crippen LogP contribution in [0.4, 0.5) is 4.39 Å². The van der Waals surface area contributed by atoms with E-state index in [0.29, 0.717) is 36.4 Å². The molecule has 0 spiro atoms. The van der Waals surface area contributed by atoms with Crippen LogP contribution in [0.1, 0.15) is 36.4 Å². The molecule has 0 radical (unpaired) electrons. The summed E-state index contributed by atoms with van der Waals surface area (Å²) in [6.45, 7) is 4.66. The molecule has 34 heavy (non-hydrogen) atoms. The number of furan rings is 1. The van der Waals surface area contributed by atoms with Crippen LogP contribution >= 0.6 is 0 Å². The zero-order valence-electron chi connectivity index (χ0n) is 20.1. The maximum absolute atomic E-state index is 15.9. The largest absolute Gasteiger partial charge is 0.496 e. The Morgan fingerprint density at radius 2 is 1.85 bits per heavy atom. The Morgan fingerprint density at radius 1 is 1.12 bits per heavy atom. The van der Waals surface area contributed by atoms with Crippen LogP contribution in [0.3, 0.4) is 0 Å². The van der Waals surface area contributed by atoms with Gasteiger partial charge in [-0.2, -0.15) is 0 Å². The predicted molar refractivity (Wildman–Crippen MR) is 130 cm³/mol. The number of carbonyl (C=O) groups is 2. The van der Waals surface area contributed by atoms with Gasteiger partial charge in [0.15, 0.2) is 5.76 Å². The lowest BCUT2D eigenvalue weighted by atomic mass is 9.93. The van der Waals surface area contributed by atoms with Crippen molar-refractivity contribution in [2.45, 2.75) is 20.3 Å². The lowest BCUT2D eigenvalue weighted by molar-refractivity contribution is -0.133. The van der Waals surface area contributed by atoms with E-state index in [4.69, 9.17) is 9.15 Å². The number of benzene rings is 2. The van der Waals surface area contributed by atoms with E-state index in [0.717, 1.165) is 11.1 Å². The Bertz CT molecular complexity index is 1290. The minimum Gasteiger partial charge on any atom is -0.496 e. The highest BCUT2D eigenvalue weighted by atomic mass is 19.1. The van der Waals surface area contributed by atoms with Gasteiger partial charge >= 0.3 is 0 Å². The molecule has 2 amide bonds. The standard InChI is InChI=1S/C27H29FN2O4/c1-16(2)26(31)30-12-8-9-17(15-30)19-13-20(18-10-6-7-11-22(18)33-5)25-21(24(19)28)14-23(34-25)27(32)29(3)4/h6-7,9-11,13-14,16H,8,12,15H2,1-5H3. The summed E-state index contributed by atoms with van der Waals surface area (Å²) in [6, 6.07) is 10.6. The van der Waals surface area contributed by atoms with Gasteiger partial charge in [0.25, 0.3) is 5.91 Å². The van der Waals surface area contributed by atoms with Crippen LogP contribution in [0.25, 0.3) is 27.7 Å². The predicted octanol–water partition coefficient (Wildman–Crippen LogP) is 5.22. The van der Waals surface area contributed by atoms with Gasteiger partial charge in [-0.1, -0.05) is 38.1 Å². The van der Waals surface area contributed by atoms with Gasteiger partial charge in [-0.15, -0.1) is 0 Å². The summed E-state index contributed by atoms with van der Waals surface area (Å²) in [7, 11) is 4.81. The van der Waals surface area contributed by atoms with Gasteiger partial charge in [-0.05, 0) is 24.1 Å². The number of ether oxygens (including phenoxy) is 1. The number of rotatable bonds is 5. The fourth-order valence-corrected chi connectivity index (χ4v) is 4.29. The third-order valence-corrected chi connectivity index (χ3v) is 6.05. The number of fused-ring (bicyclic) bond motifs is 1. The Balaban J connectivity index is 1.93. The third kappa shape index (κ3) is 4.18. The highest BCUT2D eigenvalue weighted by Gasteiger charge is 2.27. The Kier molecular flexibility index (Phi) is 6.46. The molecule has 1 aliphatic heterocycles. The number of hydrogen-bond acceptors (Lipinski definition) is 4. The van der Waals surface area contributed by atoms with Gasteiger partial charge in [-0.25, -0.2) is 4.39 Å². The van der Waals surface area contributed by atoms with E-state index in [1.807, 2.05) is 44.2 Å². The smallest absolute Gasteiger partial charge is 0.289 e. The Labute approximate surface area is 198 Å². The van der Waals surface area contributed by atoms with Crippen LogP contribution in [0.15, 0.2) is 46.9 Å². The van der Waals surface area contributed by atoms with Gasteiger partial charge in [-0.3, -0.25) is 9.59 Å². The van der Waals surface area contributed by atoms with E-state index >= 15 is 4.39 Å². The molecule has 2 aromatic carbocycles. The van der Waals surface area contributed by atoms with Gasteiger partial charge in [0.05, 0.1) is 12.5 Å². The van der Waals surface area contributed by atoms with Crippen LogP contribution in [0.5, 0.6) is 5.75 Å². The second-order valence-corrected chi connectivity index (χ2v) is 8.97. The van der Waals surface area contributed by atoms with Gasteiger partial charge in [0.2, 0.25) is 5.91 Å². The number of halogens is 1. The maximum atomic E-state index is 15.9. The molecule has 0 aliphatic carbocycles. The fraction of sp³-hybridized carbons (Fsp3) is 0.333. The number of nitrogens with zero attached hydrogens (tertiary/aromatic N) is 2. The zero-order chi connectivity index (χ0) is 24.6. The van der Waals surface area contributed by atoms with Crippen molar-refractivity contribution >= 4 is 28.4 Å². The minimum absolute atomic E-state index is 0.0409. The average molecular weight is 465 g/mol. The van der Waals surface area contributed by atoms with Crippen LogP contribution in [-0.4, -0.2) is 55.9 Å². The first-order chi connectivity index (χ1) is 16.2. The highest BCUT2D eigenvalue weighted by Crippen LogP contribution is 2.41. The first-order valence-corrected chi connectivity index (χ1v) is 11.3. The molecule has 0 atom stereocenters. The van der Waals surface area contributed by atoms with Crippen molar-refractivity contribution < 1.29 is 23.1 Å². The van der Waals surface area contributed by atoms with E-state index in [1.165, 1.54) is 11.0 Å². The molecule has 2 heterocycles. The highest BCUT2D eigenvalue weighted by molar-refractivity contribution is 6.02. The first kappa shape index (κ1) is 23.5. The van der Waals surface area contributed by atoms with E-state index in [9.17, 15) is 9.59 Å². The molecule has 0 unspecified atom stereocenters. The van der Waals surface area contributed by atoms with Gasteiger partial charge in [0, 0.05) is 55.9 Å². The maximum Gasteiger partial charge on any atom is 0.289 e. The summed E-state index contributed by atoms with van der Waals surface area (Å²) in [5, 5.41) is 0.219. The Hall–Kier alpha value is -3.61. The molecule has 0 saturated heterocycles. The Morgan fingerprint density at radius 3 is 2.53 bits per heavy atom. The van der Waals surface area contributed by atoms with E-state index < -0.39 is 5.82 Å². The SMILES string of the molecule is COc1ccccc1-c1cc(C2=CCCN(C(=O)C(C)C)C2)c(F)c2cc(C(=O)N(C)C)oc12. The van der Waals surface area contributed by atoms with Crippen LogP contribution < -0.4 is 4.74 Å². The van der Waals surface area contributed by atoms with Crippen molar-refractivity contribution in [3.05, 3.63) is 59.6 Å². The topological polar surface area (TPSA) is 63.0 Å². The summed E-state index contributed by atoms with van der Waals surface area (Å²) < 4.78 is 27.4. The van der Waals surface area contributed by atoms with Crippen molar-refractivity contribution in [2.24, 2.45) is 5.92 Å². The van der Waals surface area contributed by atoms with Gasteiger partial charge < -0.3 is 19.0 Å². The molecule has 0 N–H and O–H groups in total. The second kappa shape index (κ2) is 9.33. The number of methoxy groups -OCH3 is 1. The molecule has 4 rings (SSSR count). The summed E-state index contributed by atoms with van der Waals surface area (Å²) in [6.07, 6.45) is 2.62. The molecule has 1 aromatic heterocycles. The van der Waals surface area contributed by atoms with Crippen molar-refractivity contribution in [1.29, 1.82) is 0 Å². The normalized spacial score (nSPS) is 13.9. The van der Waals surface area contributed by atoms with E-state index in [1.54, 1.807) is 32.2 Å². The molecule has 3 aromatic rings. The molecular formula is C27H29FN2O4. The van der Waals surface area contributed by atoms with Crippen LogP contribution in [0, 0.1) is 11.7 Å².